The standard InChI is InChI=1S/C17H15N3O3/c1-4-13-14(20(5-2)17(23)19-16(13)22)15(21)12-7-10(3)6-11(8-12)9-18/h4,6-8H,1,5H2,2-3H3,(H,19,22,23). The molecular weight excluding hydrogens is 294 g/mol. The molecule has 0 atom stereocenters. The zero-order valence-corrected chi connectivity index (χ0v) is 12.8. The largest absolute Gasteiger partial charge is 0.328 e. The number of carbonyl (C=O) groups excluding carboxylic acids is 1. The Morgan fingerprint density at radius 2 is 2.09 bits per heavy atom. The molecule has 0 aliphatic heterocycles. The molecule has 2 aromatic rings. The van der Waals surface area contributed by atoms with E-state index in [2.05, 4.69) is 11.6 Å². The first-order valence-electron chi connectivity index (χ1n) is 6.99. The molecule has 6 heteroatoms. The summed E-state index contributed by atoms with van der Waals surface area (Å²) in [6.07, 6.45) is 1.25. The van der Waals surface area contributed by atoms with E-state index in [9.17, 15) is 14.4 Å². The van der Waals surface area contributed by atoms with Crippen LogP contribution < -0.4 is 11.2 Å². The maximum absolute atomic E-state index is 12.9. The van der Waals surface area contributed by atoms with Crippen molar-refractivity contribution in [2.24, 2.45) is 0 Å². The highest BCUT2D eigenvalue weighted by molar-refractivity contribution is 6.10. The van der Waals surface area contributed by atoms with Gasteiger partial charge < -0.3 is 0 Å². The molecule has 0 fully saturated rings. The minimum Gasteiger partial charge on any atom is -0.290 e. The first-order valence-corrected chi connectivity index (χ1v) is 6.99. The van der Waals surface area contributed by atoms with Crippen LogP contribution in [0.1, 0.15) is 39.7 Å². The third-order valence-electron chi connectivity index (χ3n) is 3.44. The van der Waals surface area contributed by atoms with Gasteiger partial charge in [-0.25, -0.2) is 4.79 Å². The van der Waals surface area contributed by atoms with E-state index in [1.54, 1.807) is 26.0 Å². The molecule has 0 amide bonds. The second-order valence-electron chi connectivity index (χ2n) is 5.00. The van der Waals surface area contributed by atoms with Gasteiger partial charge >= 0.3 is 5.69 Å². The van der Waals surface area contributed by atoms with Gasteiger partial charge in [-0.15, -0.1) is 0 Å². The highest BCUT2D eigenvalue weighted by Gasteiger charge is 2.21. The summed E-state index contributed by atoms with van der Waals surface area (Å²) < 4.78 is 1.19. The molecule has 0 saturated heterocycles. The smallest absolute Gasteiger partial charge is 0.290 e. The summed E-state index contributed by atoms with van der Waals surface area (Å²) in [6.45, 7) is 7.22. The van der Waals surface area contributed by atoms with Gasteiger partial charge in [0.2, 0.25) is 5.78 Å². The summed E-state index contributed by atoms with van der Waals surface area (Å²) >= 11 is 0. The molecule has 1 aromatic carbocycles. The van der Waals surface area contributed by atoms with Crippen molar-refractivity contribution < 1.29 is 4.79 Å². The van der Waals surface area contributed by atoms with Crippen LogP contribution in [0.4, 0.5) is 0 Å². The fraction of sp³-hybridized carbons (Fsp3) is 0.176. The molecule has 0 saturated carbocycles. The molecule has 23 heavy (non-hydrogen) atoms. The fourth-order valence-corrected chi connectivity index (χ4v) is 2.44. The number of benzene rings is 1. The molecule has 1 aromatic heterocycles. The Morgan fingerprint density at radius 3 is 2.65 bits per heavy atom. The normalized spacial score (nSPS) is 10.1. The number of hydrogen-bond acceptors (Lipinski definition) is 4. The Bertz CT molecular complexity index is 959. The van der Waals surface area contributed by atoms with Gasteiger partial charge in [0.15, 0.2) is 0 Å². The summed E-state index contributed by atoms with van der Waals surface area (Å²) in [5, 5.41) is 9.04. The lowest BCUT2D eigenvalue weighted by Gasteiger charge is -2.12. The van der Waals surface area contributed by atoms with E-state index >= 15 is 0 Å². The Kier molecular flexibility index (Phi) is 4.42. The molecule has 0 aliphatic carbocycles. The monoisotopic (exact) mass is 309 g/mol. The van der Waals surface area contributed by atoms with Crippen molar-refractivity contribution in [1.29, 1.82) is 5.26 Å². The van der Waals surface area contributed by atoms with Crippen LogP contribution in [0.5, 0.6) is 0 Å². The second-order valence-corrected chi connectivity index (χ2v) is 5.00. The summed E-state index contributed by atoms with van der Waals surface area (Å²) in [7, 11) is 0. The van der Waals surface area contributed by atoms with Gasteiger partial charge in [0.25, 0.3) is 5.56 Å². The van der Waals surface area contributed by atoms with Crippen molar-refractivity contribution in [1.82, 2.24) is 9.55 Å². The van der Waals surface area contributed by atoms with Gasteiger partial charge in [-0.05, 0) is 37.6 Å². The van der Waals surface area contributed by atoms with E-state index in [0.29, 0.717) is 5.56 Å². The van der Waals surface area contributed by atoms with E-state index in [4.69, 9.17) is 5.26 Å². The van der Waals surface area contributed by atoms with Gasteiger partial charge in [-0.1, -0.05) is 12.7 Å². The number of nitrogens with one attached hydrogen (secondary N) is 1. The van der Waals surface area contributed by atoms with Crippen LogP contribution in [0.2, 0.25) is 0 Å². The Hall–Kier alpha value is -3.20. The molecule has 0 bridgehead atoms. The average molecular weight is 309 g/mol. The maximum Gasteiger partial charge on any atom is 0.328 e. The first kappa shape index (κ1) is 16.2. The van der Waals surface area contributed by atoms with Crippen molar-refractivity contribution in [3.05, 3.63) is 73.6 Å². The number of hydrogen-bond donors (Lipinski definition) is 1. The minimum absolute atomic E-state index is 0.0225. The number of rotatable bonds is 4. The van der Waals surface area contributed by atoms with Crippen molar-refractivity contribution in [3.63, 3.8) is 0 Å². The van der Waals surface area contributed by atoms with Crippen LogP contribution in [0.15, 0.2) is 34.4 Å². The summed E-state index contributed by atoms with van der Waals surface area (Å²) in [4.78, 5) is 38.9. The Labute approximate surface area is 132 Å². The van der Waals surface area contributed by atoms with Gasteiger partial charge in [-0.3, -0.25) is 19.1 Å². The number of carbonyl (C=O) groups is 1. The minimum atomic E-state index is -0.661. The molecule has 0 radical (unpaired) electrons. The van der Waals surface area contributed by atoms with Crippen molar-refractivity contribution in [2.45, 2.75) is 20.4 Å². The number of aromatic nitrogens is 2. The van der Waals surface area contributed by atoms with Crippen molar-refractivity contribution >= 4 is 11.9 Å². The van der Waals surface area contributed by atoms with Crippen LogP contribution in [0.25, 0.3) is 6.08 Å². The zero-order valence-electron chi connectivity index (χ0n) is 12.8. The lowest BCUT2D eigenvalue weighted by Crippen LogP contribution is -2.36. The van der Waals surface area contributed by atoms with Crippen LogP contribution in [0.3, 0.4) is 0 Å². The molecule has 0 aliphatic rings. The third-order valence-corrected chi connectivity index (χ3v) is 3.44. The number of ketones is 1. The average Bonchev–Trinajstić information content (AvgIpc) is 2.52. The summed E-state index contributed by atoms with van der Waals surface area (Å²) in [5.74, 6) is -0.495. The number of H-pyrrole nitrogens is 1. The van der Waals surface area contributed by atoms with Crippen LogP contribution >= 0.6 is 0 Å². The second kappa shape index (κ2) is 6.28. The van der Waals surface area contributed by atoms with Gasteiger partial charge in [0.1, 0.15) is 5.69 Å². The number of aryl methyl sites for hydroxylation is 1. The molecular formula is C17H15N3O3. The van der Waals surface area contributed by atoms with E-state index in [0.717, 1.165) is 5.56 Å². The number of aromatic amines is 1. The summed E-state index contributed by atoms with van der Waals surface area (Å²) in [5.41, 5.74) is 0.0244. The van der Waals surface area contributed by atoms with Gasteiger partial charge in [0.05, 0.1) is 17.2 Å². The van der Waals surface area contributed by atoms with Crippen molar-refractivity contribution in [3.8, 4) is 6.07 Å². The van der Waals surface area contributed by atoms with Crippen LogP contribution in [-0.4, -0.2) is 15.3 Å². The lowest BCUT2D eigenvalue weighted by molar-refractivity contribution is 0.102. The van der Waals surface area contributed by atoms with E-state index < -0.39 is 17.0 Å². The molecule has 0 spiro atoms. The maximum atomic E-state index is 12.9. The molecule has 2 rings (SSSR count). The number of nitrogens with zero attached hydrogens (tertiary/aromatic N) is 2. The number of nitriles is 1. The molecule has 6 nitrogen and oxygen atoms in total. The quantitative estimate of drug-likeness (QED) is 0.868. The first-order chi connectivity index (χ1) is 10.9. The summed E-state index contributed by atoms with van der Waals surface area (Å²) in [6, 6.07) is 6.69. The predicted molar refractivity (Wildman–Crippen MR) is 86.4 cm³/mol. The molecule has 1 heterocycles. The zero-order chi connectivity index (χ0) is 17.1. The van der Waals surface area contributed by atoms with Crippen LogP contribution in [-0.2, 0) is 6.54 Å². The lowest BCUT2D eigenvalue weighted by atomic mass is 10.00. The Balaban J connectivity index is 2.81. The van der Waals surface area contributed by atoms with Crippen molar-refractivity contribution in [2.75, 3.05) is 0 Å². The topological polar surface area (TPSA) is 95.7 Å². The van der Waals surface area contributed by atoms with Gasteiger partial charge in [0, 0.05) is 12.1 Å². The molecule has 116 valence electrons. The van der Waals surface area contributed by atoms with E-state index in [-0.39, 0.29) is 23.4 Å². The van der Waals surface area contributed by atoms with E-state index in [1.165, 1.54) is 16.7 Å². The fourth-order valence-electron chi connectivity index (χ4n) is 2.44. The molecule has 1 N–H and O–H groups in total. The van der Waals surface area contributed by atoms with E-state index in [1.807, 2.05) is 6.07 Å². The Morgan fingerprint density at radius 1 is 1.39 bits per heavy atom. The van der Waals surface area contributed by atoms with Crippen LogP contribution in [0, 0.1) is 18.3 Å². The SMILES string of the molecule is C=Cc1c(C(=O)c2cc(C)cc(C#N)c2)n(CC)c(=O)[nH]c1=O. The predicted octanol–water partition coefficient (Wildman–Crippen LogP) is 1.61. The van der Waals surface area contributed by atoms with Gasteiger partial charge in [-0.2, -0.15) is 5.26 Å². The molecule has 0 unspecified atom stereocenters. The highest BCUT2D eigenvalue weighted by Crippen LogP contribution is 2.15. The third kappa shape index (κ3) is 2.90. The highest BCUT2D eigenvalue weighted by atomic mass is 16.2.